The van der Waals surface area contributed by atoms with E-state index in [-0.39, 0.29) is 11.1 Å². The Bertz CT molecular complexity index is 976. The summed E-state index contributed by atoms with van der Waals surface area (Å²) in [6, 6.07) is 12.0. The molecular formula is C18H13N3O2S. The van der Waals surface area contributed by atoms with Crippen molar-refractivity contribution in [1.82, 2.24) is 14.9 Å². The molecule has 0 unspecified atom stereocenters. The van der Waals surface area contributed by atoms with Gasteiger partial charge in [-0.05, 0) is 53.2 Å². The number of nitrogens with one attached hydrogen (secondary N) is 1. The van der Waals surface area contributed by atoms with Crippen LogP contribution in [0.4, 0.5) is 4.79 Å². The van der Waals surface area contributed by atoms with Gasteiger partial charge in [0.2, 0.25) is 0 Å². The number of pyridine rings is 1. The Balaban J connectivity index is 1.73. The van der Waals surface area contributed by atoms with Crippen LogP contribution >= 0.6 is 11.8 Å². The highest BCUT2D eigenvalue weighted by atomic mass is 32.2. The van der Waals surface area contributed by atoms with Crippen molar-refractivity contribution in [1.29, 1.82) is 0 Å². The SMILES string of the molecule is O=C1NC(=O)/C(=C/c2cccc3c2ccn3Cc2ccncc2)S1. The van der Waals surface area contributed by atoms with Crippen LogP contribution in [0.1, 0.15) is 11.1 Å². The van der Waals surface area contributed by atoms with Crippen LogP contribution in [0.5, 0.6) is 0 Å². The zero-order valence-corrected chi connectivity index (χ0v) is 13.4. The topological polar surface area (TPSA) is 64.0 Å². The lowest BCUT2D eigenvalue weighted by atomic mass is 10.1. The molecule has 0 spiro atoms. The van der Waals surface area contributed by atoms with E-state index in [1.165, 1.54) is 5.56 Å². The number of carbonyl (C=O) groups is 2. The maximum Gasteiger partial charge on any atom is 0.290 e. The van der Waals surface area contributed by atoms with Gasteiger partial charge < -0.3 is 4.57 Å². The summed E-state index contributed by atoms with van der Waals surface area (Å²) in [5.41, 5.74) is 3.17. The molecule has 2 aromatic heterocycles. The van der Waals surface area contributed by atoms with Gasteiger partial charge in [-0.1, -0.05) is 12.1 Å². The zero-order chi connectivity index (χ0) is 16.5. The lowest BCUT2D eigenvalue weighted by Crippen LogP contribution is -2.17. The summed E-state index contributed by atoms with van der Waals surface area (Å²) in [5.74, 6) is -0.335. The zero-order valence-electron chi connectivity index (χ0n) is 12.6. The maximum absolute atomic E-state index is 11.7. The standard InChI is InChI=1S/C18H13N3O2S/c22-17-16(24-18(23)20-17)10-13-2-1-3-15-14(13)6-9-21(15)11-12-4-7-19-8-5-12/h1-10H,11H2,(H,20,22,23)/b16-10-. The number of imide groups is 1. The molecule has 0 atom stereocenters. The van der Waals surface area contributed by atoms with Gasteiger partial charge in [-0.15, -0.1) is 0 Å². The quantitative estimate of drug-likeness (QED) is 0.745. The van der Waals surface area contributed by atoms with Crippen molar-refractivity contribution in [3.8, 4) is 0 Å². The largest absolute Gasteiger partial charge is 0.343 e. The van der Waals surface area contributed by atoms with E-state index < -0.39 is 0 Å². The van der Waals surface area contributed by atoms with Crippen LogP contribution < -0.4 is 5.32 Å². The molecule has 5 nitrogen and oxygen atoms in total. The van der Waals surface area contributed by atoms with E-state index in [0.29, 0.717) is 4.91 Å². The molecule has 0 bridgehead atoms. The van der Waals surface area contributed by atoms with Crippen LogP contribution in [0.15, 0.2) is 59.9 Å². The highest BCUT2D eigenvalue weighted by Gasteiger charge is 2.25. The molecule has 3 aromatic rings. The predicted octanol–water partition coefficient (Wildman–Crippen LogP) is 3.41. The Hall–Kier alpha value is -2.86. The molecule has 0 aliphatic carbocycles. The average molecular weight is 335 g/mol. The summed E-state index contributed by atoms with van der Waals surface area (Å²) in [6.07, 6.45) is 7.36. The van der Waals surface area contributed by atoms with Gasteiger partial charge in [0.15, 0.2) is 0 Å². The monoisotopic (exact) mass is 335 g/mol. The van der Waals surface area contributed by atoms with Crippen molar-refractivity contribution < 1.29 is 9.59 Å². The van der Waals surface area contributed by atoms with Crippen LogP contribution in [0.25, 0.3) is 17.0 Å². The first-order chi connectivity index (χ1) is 11.7. The number of hydrogen-bond donors (Lipinski definition) is 1. The molecule has 4 rings (SSSR count). The van der Waals surface area contributed by atoms with Gasteiger partial charge in [0.1, 0.15) is 0 Å². The second-order valence-corrected chi connectivity index (χ2v) is 6.45. The first-order valence-corrected chi connectivity index (χ1v) is 8.24. The van der Waals surface area contributed by atoms with Crippen molar-refractivity contribution in [2.24, 2.45) is 0 Å². The smallest absolute Gasteiger partial charge is 0.290 e. The van der Waals surface area contributed by atoms with Crippen molar-refractivity contribution in [3.05, 3.63) is 71.0 Å². The molecule has 0 radical (unpaired) electrons. The molecule has 0 saturated carbocycles. The first-order valence-electron chi connectivity index (χ1n) is 7.42. The molecule has 1 aliphatic rings. The summed E-state index contributed by atoms with van der Waals surface area (Å²) in [6.45, 7) is 0.750. The molecule has 2 amide bonds. The summed E-state index contributed by atoms with van der Waals surface area (Å²) in [4.78, 5) is 27.5. The molecule has 6 heteroatoms. The number of thioether (sulfide) groups is 1. The number of carbonyl (C=O) groups excluding carboxylic acids is 2. The minimum Gasteiger partial charge on any atom is -0.343 e. The van der Waals surface area contributed by atoms with E-state index in [2.05, 4.69) is 14.9 Å². The number of fused-ring (bicyclic) bond motifs is 1. The number of nitrogens with zero attached hydrogens (tertiary/aromatic N) is 2. The van der Waals surface area contributed by atoms with E-state index in [4.69, 9.17) is 0 Å². The van der Waals surface area contributed by atoms with E-state index in [1.54, 1.807) is 18.5 Å². The molecule has 24 heavy (non-hydrogen) atoms. The molecule has 3 heterocycles. The van der Waals surface area contributed by atoms with Crippen LogP contribution in [-0.4, -0.2) is 20.7 Å². The van der Waals surface area contributed by atoms with Gasteiger partial charge in [0.25, 0.3) is 11.1 Å². The summed E-state index contributed by atoms with van der Waals surface area (Å²) in [7, 11) is 0. The van der Waals surface area contributed by atoms with E-state index in [9.17, 15) is 9.59 Å². The molecule has 118 valence electrons. The van der Waals surface area contributed by atoms with Gasteiger partial charge in [0.05, 0.1) is 4.91 Å². The fourth-order valence-electron chi connectivity index (χ4n) is 2.76. The Kier molecular flexibility index (Phi) is 3.66. The number of benzene rings is 1. The van der Waals surface area contributed by atoms with Crippen LogP contribution in [-0.2, 0) is 11.3 Å². The Morgan fingerprint density at radius 1 is 1.12 bits per heavy atom. The van der Waals surface area contributed by atoms with Gasteiger partial charge in [-0.2, -0.15) is 0 Å². The first kappa shape index (κ1) is 14.7. The Morgan fingerprint density at radius 2 is 1.96 bits per heavy atom. The molecular weight excluding hydrogens is 322 g/mol. The van der Waals surface area contributed by atoms with Crippen molar-refractivity contribution in [2.75, 3.05) is 0 Å². The number of hydrogen-bond acceptors (Lipinski definition) is 4. The summed E-state index contributed by atoms with van der Waals surface area (Å²) < 4.78 is 2.15. The third kappa shape index (κ3) is 2.72. The average Bonchev–Trinajstić information content (AvgIpc) is 3.13. The van der Waals surface area contributed by atoms with Crippen molar-refractivity contribution in [3.63, 3.8) is 0 Å². The Labute approximate surface area is 142 Å². The normalized spacial score (nSPS) is 16.1. The van der Waals surface area contributed by atoms with Gasteiger partial charge >= 0.3 is 0 Å². The minimum atomic E-state index is -0.335. The summed E-state index contributed by atoms with van der Waals surface area (Å²) >= 11 is 0.934. The van der Waals surface area contributed by atoms with Gasteiger partial charge in [-0.3, -0.25) is 19.9 Å². The van der Waals surface area contributed by atoms with E-state index in [1.807, 2.05) is 42.6 Å². The predicted molar refractivity (Wildman–Crippen MR) is 94.4 cm³/mol. The van der Waals surface area contributed by atoms with Crippen LogP contribution in [0.2, 0.25) is 0 Å². The van der Waals surface area contributed by atoms with Gasteiger partial charge in [0, 0.05) is 36.0 Å². The lowest BCUT2D eigenvalue weighted by molar-refractivity contribution is -0.115. The minimum absolute atomic E-state index is 0.325. The number of amides is 2. The molecule has 1 aliphatic heterocycles. The molecule has 1 fully saturated rings. The van der Waals surface area contributed by atoms with Crippen molar-refractivity contribution in [2.45, 2.75) is 6.54 Å². The van der Waals surface area contributed by atoms with Crippen molar-refractivity contribution >= 4 is 39.9 Å². The third-order valence-corrected chi connectivity index (χ3v) is 4.69. The van der Waals surface area contributed by atoms with Crippen LogP contribution in [0, 0.1) is 0 Å². The van der Waals surface area contributed by atoms with Crippen LogP contribution in [0.3, 0.4) is 0 Å². The molecule has 1 saturated heterocycles. The highest BCUT2D eigenvalue weighted by molar-refractivity contribution is 8.18. The molecule has 1 N–H and O–H groups in total. The van der Waals surface area contributed by atoms with E-state index in [0.717, 1.165) is 34.8 Å². The fraction of sp³-hybridized carbons (Fsp3) is 0.0556. The number of rotatable bonds is 3. The second kappa shape index (κ2) is 5.98. The molecule has 1 aromatic carbocycles. The highest BCUT2D eigenvalue weighted by Crippen LogP contribution is 2.29. The lowest BCUT2D eigenvalue weighted by Gasteiger charge is -2.06. The van der Waals surface area contributed by atoms with E-state index >= 15 is 0 Å². The summed E-state index contributed by atoms with van der Waals surface area (Å²) in [5, 5.41) is 3.00. The number of aromatic nitrogens is 2. The third-order valence-electron chi connectivity index (χ3n) is 3.88. The Morgan fingerprint density at radius 3 is 2.71 bits per heavy atom. The maximum atomic E-state index is 11.7. The van der Waals surface area contributed by atoms with Gasteiger partial charge in [-0.25, -0.2) is 0 Å². The fourth-order valence-corrected chi connectivity index (χ4v) is 3.43. The second-order valence-electron chi connectivity index (χ2n) is 5.43.